The summed E-state index contributed by atoms with van der Waals surface area (Å²) in [6.45, 7) is 0. The van der Waals surface area contributed by atoms with Crippen LogP contribution in [0.1, 0.15) is 32.1 Å². The molecule has 2 rings (SSSR count). The molecule has 1 saturated heterocycles. The second-order valence-electron chi connectivity index (χ2n) is 4.00. The zero-order valence-corrected chi connectivity index (χ0v) is 8.48. The highest BCUT2D eigenvalue weighted by atomic mass is 32.2. The van der Waals surface area contributed by atoms with E-state index in [2.05, 4.69) is 23.9 Å². The van der Waals surface area contributed by atoms with Crippen LogP contribution in [0.15, 0.2) is 12.2 Å². The third-order valence-corrected chi connectivity index (χ3v) is 4.33. The van der Waals surface area contributed by atoms with Gasteiger partial charge in [-0.2, -0.15) is 11.8 Å². The summed E-state index contributed by atoms with van der Waals surface area (Å²) < 4.78 is 0. The van der Waals surface area contributed by atoms with E-state index in [4.69, 9.17) is 0 Å². The van der Waals surface area contributed by atoms with Crippen molar-refractivity contribution in [1.82, 2.24) is 0 Å². The molecule has 0 aromatic heterocycles. The minimum absolute atomic E-state index is 0.937. The van der Waals surface area contributed by atoms with Crippen molar-refractivity contribution in [1.29, 1.82) is 0 Å². The van der Waals surface area contributed by atoms with Gasteiger partial charge in [0.1, 0.15) is 0 Å². The monoisotopic (exact) mass is 182 g/mol. The number of thioether (sulfide) groups is 1. The van der Waals surface area contributed by atoms with Crippen LogP contribution in [0.5, 0.6) is 0 Å². The van der Waals surface area contributed by atoms with Gasteiger partial charge in [0.05, 0.1) is 0 Å². The van der Waals surface area contributed by atoms with Gasteiger partial charge in [0, 0.05) is 0 Å². The van der Waals surface area contributed by atoms with Crippen molar-refractivity contribution < 1.29 is 0 Å². The fourth-order valence-corrected chi connectivity index (χ4v) is 3.59. The maximum atomic E-state index is 2.49. The Morgan fingerprint density at radius 3 is 2.83 bits per heavy atom. The Labute approximate surface area is 79.8 Å². The Morgan fingerprint density at radius 1 is 1.17 bits per heavy atom. The van der Waals surface area contributed by atoms with E-state index in [1.165, 1.54) is 43.6 Å². The molecule has 0 aromatic carbocycles. The van der Waals surface area contributed by atoms with Crippen LogP contribution in [0.3, 0.4) is 0 Å². The van der Waals surface area contributed by atoms with Crippen LogP contribution in [0, 0.1) is 11.8 Å². The zero-order chi connectivity index (χ0) is 8.23. The van der Waals surface area contributed by atoms with Crippen molar-refractivity contribution in [3.63, 3.8) is 0 Å². The van der Waals surface area contributed by atoms with Crippen molar-refractivity contribution in [3.8, 4) is 0 Å². The highest BCUT2D eigenvalue weighted by Crippen LogP contribution is 2.33. The lowest BCUT2D eigenvalue weighted by Crippen LogP contribution is -2.20. The Balaban J connectivity index is 1.88. The van der Waals surface area contributed by atoms with E-state index in [1.54, 1.807) is 0 Å². The second-order valence-corrected chi connectivity index (χ2v) is 5.15. The van der Waals surface area contributed by atoms with E-state index in [-0.39, 0.29) is 0 Å². The highest BCUT2D eigenvalue weighted by Gasteiger charge is 2.22. The summed E-state index contributed by atoms with van der Waals surface area (Å²) in [5, 5.41) is 0. The summed E-state index contributed by atoms with van der Waals surface area (Å²) in [6.07, 6.45) is 12.1. The molecule has 0 amide bonds. The molecule has 2 unspecified atom stereocenters. The molecular formula is C11H18S. The lowest BCUT2D eigenvalue weighted by Gasteiger charge is -2.29. The third-order valence-electron chi connectivity index (χ3n) is 3.09. The van der Waals surface area contributed by atoms with Gasteiger partial charge in [-0.25, -0.2) is 0 Å². The molecule has 0 radical (unpaired) electrons. The minimum Gasteiger partial charge on any atom is -0.162 e. The van der Waals surface area contributed by atoms with Gasteiger partial charge in [-0.3, -0.25) is 0 Å². The van der Waals surface area contributed by atoms with E-state index in [9.17, 15) is 0 Å². The topological polar surface area (TPSA) is 0 Å². The lowest BCUT2D eigenvalue weighted by atomic mass is 9.83. The third kappa shape index (κ3) is 2.07. The molecule has 68 valence electrons. The van der Waals surface area contributed by atoms with Crippen LogP contribution in [0.4, 0.5) is 0 Å². The molecule has 0 nitrogen and oxygen atoms in total. The van der Waals surface area contributed by atoms with Crippen LogP contribution in [0.2, 0.25) is 0 Å². The van der Waals surface area contributed by atoms with Crippen LogP contribution in [-0.4, -0.2) is 11.5 Å². The molecule has 0 saturated carbocycles. The lowest BCUT2D eigenvalue weighted by molar-refractivity contribution is 0.361. The summed E-state index contributed by atoms with van der Waals surface area (Å²) in [5.41, 5.74) is 0. The molecule has 1 aliphatic carbocycles. The summed E-state index contributed by atoms with van der Waals surface area (Å²) in [7, 11) is 0. The highest BCUT2D eigenvalue weighted by molar-refractivity contribution is 7.99. The van der Waals surface area contributed by atoms with Gasteiger partial charge >= 0.3 is 0 Å². The zero-order valence-electron chi connectivity index (χ0n) is 7.67. The largest absolute Gasteiger partial charge is 0.162 e. The SMILES string of the molecule is C1=CC(C2CCCSC2)CCC1. The smallest absolute Gasteiger partial charge is 0.00335 e. The van der Waals surface area contributed by atoms with Gasteiger partial charge in [0.2, 0.25) is 0 Å². The molecule has 0 N–H and O–H groups in total. The van der Waals surface area contributed by atoms with E-state index in [0.717, 1.165) is 11.8 Å². The number of hydrogen-bond donors (Lipinski definition) is 0. The molecular weight excluding hydrogens is 164 g/mol. The average Bonchev–Trinajstić information content (AvgIpc) is 2.21. The van der Waals surface area contributed by atoms with Crippen LogP contribution in [0.25, 0.3) is 0 Å². The summed E-state index contributed by atoms with van der Waals surface area (Å²) in [4.78, 5) is 0. The van der Waals surface area contributed by atoms with Gasteiger partial charge < -0.3 is 0 Å². The maximum Gasteiger partial charge on any atom is -0.00335 e. The first kappa shape index (κ1) is 8.68. The molecule has 0 aromatic rings. The Hall–Kier alpha value is 0.0900. The second kappa shape index (κ2) is 4.36. The quantitative estimate of drug-likeness (QED) is 0.559. The van der Waals surface area contributed by atoms with Crippen LogP contribution in [-0.2, 0) is 0 Å². The van der Waals surface area contributed by atoms with Gasteiger partial charge in [-0.15, -0.1) is 0 Å². The molecule has 0 spiro atoms. The van der Waals surface area contributed by atoms with Crippen LogP contribution >= 0.6 is 11.8 Å². The average molecular weight is 182 g/mol. The first-order chi connectivity index (χ1) is 5.97. The van der Waals surface area contributed by atoms with Gasteiger partial charge in [0.25, 0.3) is 0 Å². The van der Waals surface area contributed by atoms with Crippen molar-refractivity contribution in [2.45, 2.75) is 32.1 Å². The maximum absolute atomic E-state index is 2.49. The molecule has 1 heterocycles. The minimum atomic E-state index is 0.937. The summed E-state index contributed by atoms with van der Waals surface area (Å²) in [6, 6.07) is 0. The van der Waals surface area contributed by atoms with Crippen molar-refractivity contribution >= 4 is 11.8 Å². The molecule has 2 aliphatic rings. The fourth-order valence-electron chi connectivity index (χ4n) is 2.33. The number of allylic oxidation sites excluding steroid dienone is 2. The van der Waals surface area contributed by atoms with Crippen molar-refractivity contribution in [2.24, 2.45) is 11.8 Å². The Morgan fingerprint density at radius 2 is 2.17 bits per heavy atom. The normalized spacial score (nSPS) is 36.7. The summed E-state index contributed by atoms with van der Waals surface area (Å²) in [5.74, 6) is 4.79. The molecule has 1 aliphatic heterocycles. The van der Waals surface area contributed by atoms with E-state index >= 15 is 0 Å². The van der Waals surface area contributed by atoms with Crippen molar-refractivity contribution in [3.05, 3.63) is 12.2 Å². The first-order valence-electron chi connectivity index (χ1n) is 5.21. The van der Waals surface area contributed by atoms with Crippen molar-refractivity contribution in [2.75, 3.05) is 11.5 Å². The van der Waals surface area contributed by atoms with E-state index < -0.39 is 0 Å². The molecule has 1 heteroatoms. The predicted octanol–water partition coefficient (Wildman–Crippen LogP) is 3.49. The molecule has 2 atom stereocenters. The standard InChI is InChI=1S/C11H18S/c1-2-5-10(6-3-1)11-7-4-8-12-9-11/h2,5,10-11H,1,3-4,6-9H2. The van der Waals surface area contributed by atoms with Gasteiger partial charge in [-0.05, 0) is 55.4 Å². The number of rotatable bonds is 1. The van der Waals surface area contributed by atoms with Gasteiger partial charge in [-0.1, -0.05) is 12.2 Å². The Kier molecular flexibility index (Phi) is 3.15. The molecule has 12 heavy (non-hydrogen) atoms. The Bertz CT molecular complexity index is 156. The first-order valence-corrected chi connectivity index (χ1v) is 6.37. The molecule has 0 bridgehead atoms. The van der Waals surface area contributed by atoms with Crippen LogP contribution < -0.4 is 0 Å². The van der Waals surface area contributed by atoms with E-state index in [1.807, 2.05) is 0 Å². The number of hydrogen-bond acceptors (Lipinski definition) is 1. The van der Waals surface area contributed by atoms with Gasteiger partial charge in [0.15, 0.2) is 0 Å². The van der Waals surface area contributed by atoms with E-state index in [0.29, 0.717) is 0 Å². The summed E-state index contributed by atoms with van der Waals surface area (Å²) >= 11 is 2.16. The molecule has 1 fully saturated rings. The fraction of sp³-hybridized carbons (Fsp3) is 0.818. The predicted molar refractivity (Wildman–Crippen MR) is 56.5 cm³/mol.